The van der Waals surface area contributed by atoms with Gasteiger partial charge in [-0.05, 0) is 49.2 Å². The van der Waals surface area contributed by atoms with Crippen molar-refractivity contribution in [2.24, 2.45) is 5.10 Å². The highest BCUT2D eigenvalue weighted by Gasteiger charge is 2.46. The monoisotopic (exact) mass is 404 g/mol. The number of halogens is 3. The van der Waals surface area contributed by atoms with Gasteiger partial charge in [-0.15, -0.1) is 13.2 Å². The maximum absolute atomic E-state index is 13.1. The number of amides is 1. The quantitative estimate of drug-likeness (QED) is 0.695. The van der Waals surface area contributed by atoms with Crippen molar-refractivity contribution in [1.82, 2.24) is 15.0 Å². The first-order valence-electron chi connectivity index (χ1n) is 8.86. The third-order valence-electron chi connectivity index (χ3n) is 4.88. The summed E-state index contributed by atoms with van der Waals surface area (Å²) in [6.07, 6.45) is -1.07. The van der Waals surface area contributed by atoms with Gasteiger partial charge in [-0.1, -0.05) is 19.1 Å². The lowest BCUT2D eigenvalue weighted by Gasteiger charge is -2.36. The van der Waals surface area contributed by atoms with E-state index < -0.39 is 17.8 Å². The van der Waals surface area contributed by atoms with Gasteiger partial charge in [0, 0.05) is 12.6 Å². The lowest BCUT2D eigenvalue weighted by molar-refractivity contribution is -0.274. The molecule has 1 aromatic heterocycles. The van der Waals surface area contributed by atoms with Crippen LogP contribution >= 0.6 is 0 Å². The first kappa shape index (κ1) is 20.5. The molecule has 0 bridgehead atoms. The highest BCUT2D eigenvalue weighted by atomic mass is 19.4. The van der Waals surface area contributed by atoms with Gasteiger partial charge in [0.15, 0.2) is 0 Å². The minimum Gasteiger partial charge on any atom is -0.406 e. The molecule has 0 N–H and O–H groups in total. The van der Waals surface area contributed by atoms with Crippen LogP contribution in [0, 0.1) is 0 Å². The molecule has 3 rings (SSSR count). The van der Waals surface area contributed by atoms with Crippen LogP contribution in [0.5, 0.6) is 5.75 Å². The fourth-order valence-corrected chi connectivity index (χ4v) is 3.29. The van der Waals surface area contributed by atoms with Crippen LogP contribution in [0.1, 0.15) is 42.7 Å². The molecule has 2 heterocycles. The number of hydrogen-bond donors (Lipinski definition) is 0. The van der Waals surface area contributed by atoms with Crippen molar-refractivity contribution < 1.29 is 22.7 Å². The Morgan fingerprint density at radius 2 is 1.97 bits per heavy atom. The van der Waals surface area contributed by atoms with E-state index in [4.69, 9.17) is 0 Å². The zero-order valence-electron chi connectivity index (χ0n) is 15.9. The molecule has 152 valence electrons. The summed E-state index contributed by atoms with van der Waals surface area (Å²) < 4.78 is 41.0. The summed E-state index contributed by atoms with van der Waals surface area (Å²) in [4.78, 5) is 20.9. The number of ether oxygens (including phenoxy) is 1. The highest BCUT2D eigenvalue weighted by molar-refractivity contribution is 6.05. The summed E-state index contributed by atoms with van der Waals surface area (Å²) >= 11 is 0. The largest absolute Gasteiger partial charge is 0.573 e. The smallest absolute Gasteiger partial charge is 0.406 e. The molecule has 2 aromatic rings. The van der Waals surface area contributed by atoms with Gasteiger partial charge in [0.2, 0.25) is 0 Å². The van der Waals surface area contributed by atoms with Crippen molar-refractivity contribution in [2.75, 3.05) is 0 Å². The number of benzene rings is 1. The van der Waals surface area contributed by atoms with Crippen molar-refractivity contribution in [3.63, 3.8) is 0 Å². The second-order valence-electron chi connectivity index (χ2n) is 6.67. The van der Waals surface area contributed by atoms with Crippen LogP contribution < -0.4 is 4.74 Å². The molecule has 0 spiro atoms. The Hall–Kier alpha value is -3.23. The molecule has 1 amide bonds. The predicted octanol–water partition coefficient (Wildman–Crippen LogP) is 4.35. The Kier molecular flexibility index (Phi) is 5.41. The van der Waals surface area contributed by atoms with E-state index in [2.05, 4.69) is 26.4 Å². The molecule has 0 saturated heterocycles. The van der Waals surface area contributed by atoms with Crippen LogP contribution in [0.15, 0.2) is 60.1 Å². The Morgan fingerprint density at radius 1 is 1.28 bits per heavy atom. The van der Waals surface area contributed by atoms with E-state index in [9.17, 15) is 18.0 Å². The fourth-order valence-electron chi connectivity index (χ4n) is 3.29. The molecule has 0 radical (unpaired) electrons. The fraction of sp³-hybridized carbons (Fsp3) is 0.300. The average Bonchev–Trinajstić information content (AvgIpc) is 3.08. The minimum absolute atomic E-state index is 0.193. The lowest BCUT2D eigenvalue weighted by Crippen LogP contribution is -2.46. The third kappa shape index (κ3) is 4.13. The van der Waals surface area contributed by atoms with E-state index >= 15 is 0 Å². The summed E-state index contributed by atoms with van der Waals surface area (Å²) in [5, 5.41) is 5.87. The molecule has 1 aliphatic rings. The van der Waals surface area contributed by atoms with E-state index in [0.29, 0.717) is 24.1 Å². The Labute approximate surface area is 165 Å². The molecule has 6 nitrogen and oxygen atoms in total. The highest BCUT2D eigenvalue weighted by Crippen LogP contribution is 2.39. The summed E-state index contributed by atoms with van der Waals surface area (Å²) in [5.41, 5.74) is 1.35. The molecule has 1 unspecified atom stereocenters. The van der Waals surface area contributed by atoms with Crippen LogP contribution in [-0.2, 0) is 0 Å². The van der Waals surface area contributed by atoms with Gasteiger partial charge in [-0.25, -0.2) is 15.0 Å². The van der Waals surface area contributed by atoms with Gasteiger partial charge in [-0.3, -0.25) is 4.79 Å². The van der Waals surface area contributed by atoms with E-state index in [-0.39, 0.29) is 11.4 Å². The van der Waals surface area contributed by atoms with E-state index in [1.165, 1.54) is 47.9 Å². The molecular weight excluding hydrogens is 385 g/mol. The van der Waals surface area contributed by atoms with Crippen LogP contribution in [-0.4, -0.2) is 38.5 Å². The van der Waals surface area contributed by atoms with Crippen LogP contribution in [0.3, 0.4) is 0 Å². The van der Waals surface area contributed by atoms with E-state index in [1.54, 1.807) is 0 Å². The number of nitrogens with zero attached hydrogens (tertiary/aromatic N) is 4. The molecule has 9 heteroatoms. The van der Waals surface area contributed by atoms with Gasteiger partial charge < -0.3 is 4.74 Å². The molecule has 1 aromatic carbocycles. The van der Waals surface area contributed by atoms with Crippen molar-refractivity contribution in [3.8, 4) is 5.75 Å². The van der Waals surface area contributed by atoms with Crippen molar-refractivity contribution in [2.45, 2.75) is 38.6 Å². The molecular formula is C20H19F3N4O2. The number of carbonyl (C=O) groups is 1. The normalized spacial score (nSPS) is 19.1. The molecule has 1 aliphatic heterocycles. The number of aromatic nitrogens is 2. The molecule has 29 heavy (non-hydrogen) atoms. The van der Waals surface area contributed by atoms with Crippen LogP contribution in [0.2, 0.25) is 0 Å². The maximum atomic E-state index is 13.1. The number of rotatable bonds is 5. The van der Waals surface area contributed by atoms with Crippen LogP contribution in [0.4, 0.5) is 13.2 Å². The maximum Gasteiger partial charge on any atom is 0.573 e. The number of hydrogen-bond acceptors (Lipinski definition) is 5. The topological polar surface area (TPSA) is 67.7 Å². The SMILES string of the molecule is C=C(C)C1(CC)CC(c2ccc(OC(F)(F)F)cc2)=NN1C(=O)c1ccncn1. The molecule has 0 aliphatic carbocycles. The summed E-state index contributed by atoms with van der Waals surface area (Å²) in [6, 6.07) is 6.90. The minimum atomic E-state index is -4.76. The van der Waals surface area contributed by atoms with Gasteiger partial charge in [0.05, 0.1) is 11.3 Å². The average molecular weight is 404 g/mol. The number of hydrazone groups is 1. The summed E-state index contributed by atoms with van der Waals surface area (Å²) in [7, 11) is 0. The number of alkyl halides is 3. The second-order valence-corrected chi connectivity index (χ2v) is 6.67. The zero-order chi connectivity index (χ0) is 21.2. The van der Waals surface area contributed by atoms with Gasteiger partial charge in [-0.2, -0.15) is 5.10 Å². The Morgan fingerprint density at radius 3 is 2.48 bits per heavy atom. The van der Waals surface area contributed by atoms with E-state index in [0.717, 1.165) is 5.57 Å². The second kappa shape index (κ2) is 7.65. The first-order valence-corrected chi connectivity index (χ1v) is 8.86. The van der Waals surface area contributed by atoms with E-state index in [1.807, 2.05) is 13.8 Å². The molecule has 1 atom stereocenters. The Bertz CT molecular complexity index is 942. The van der Waals surface area contributed by atoms with Crippen molar-refractivity contribution in [3.05, 3.63) is 66.3 Å². The van der Waals surface area contributed by atoms with Gasteiger partial charge >= 0.3 is 6.36 Å². The van der Waals surface area contributed by atoms with Crippen LogP contribution in [0.25, 0.3) is 0 Å². The zero-order valence-corrected chi connectivity index (χ0v) is 15.9. The Balaban J connectivity index is 1.96. The molecule has 0 saturated carbocycles. The lowest BCUT2D eigenvalue weighted by atomic mass is 9.82. The van der Waals surface area contributed by atoms with Gasteiger partial charge in [0.25, 0.3) is 5.91 Å². The van der Waals surface area contributed by atoms with Gasteiger partial charge in [0.1, 0.15) is 17.8 Å². The first-order chi connectivity index (χ1) is 13.7. The summed E-state index contributed by atoms with van der Waals surface area (Å²) in [6.45, 7) is 7.79. The summed E-state index contributed by atoms with van der Waals surface area (Å²) in [5.74, 6) is -0.723. The third-order valence-corrected chi connectivity index (χ3v) is 4.88. The van der Waals surface area contributed by atoms with Crippen molar-refractivity contribution >= 4 is 11.6 Å². The standard InChI is InChI=1S/C20H19F3N4O2/c1-4-19(13(2)3)11-17(14-5-7-15(8-6-14)29-20(21,22)23)26-27(19)18(28)16-9-10-24-12-25-16/h5-10,12H,2,4,11H2,1,3H3. The molecule has 0 fully saturated rings. The van der Waals surface area contributed by atoms with Crippen molar-refractivity contribution in [1.29, 1.82) is 0 Å². The number of carbonyl (C=O) groups excluding carboxylic acids is 1. The predicted molar refractivity (Wildman–Crippen MR) is 100 cm³/mol.